The van der Waals surface area contributed by atoms with Crippen molar-refractivity contribution in [1.82, 2.24) is 10.2 Å². The number of nitrogens with one attached hydrogen (secondary N) is 2. The fourth-order valence-corrected chi connectivity index (χ4v) is 4.00. The van der Waals surface area contributed by atoms with E-state index in [1.54, 1.807) is 57.0 Å². The third-order valence-corrected chi connectivity index (χ3v) is 5.71. The quantitative estimate of drug-likeness (QED) is 0.578. The van der Waals surface area contributed by atoms with Crippen LogP contribution in [0.4, 0.5) is 10.5 Å². The number of amides is 3. The lowest BCUT2D eigenvalue weighted by Crippen LogP contribution is -2.48. The summed E-state index contributed by atoms with van der Waals surface area (Å²) in [5, 5.41) is 5.50. The van der Waals surface area contributed by atoms with Crippen molar-refractivity contribution in [1.29, 1.82) is 0 Å². The Balaban J connectivity index is 1.90. The molecule has 2 N–H and O–H groups in total. The third kappa shape index (κ3) is 6.97. The van der Waals surface area contributed by atoms with E-state index in [1.807, 2.05) is 32.0 Å². The number of nitrogens with zero attached hydrogens (tertiary/aromatic N) is 1. The zero-order valence-corrected chi connectivity index (χ0v) is 21.3. The second-order valence-corrected chi connectivity index (χ2v) is 9.81. The smallest absolute Gasteiger partial charge is 0.408 e. The van der Waals surface area contributed by atoms with Crippen LogP contribution in [0, 0.1) is 13.8 Å². The second-order valence-electron chi connectivity index (χ2n) is 9.81. The van der Waals surface area contributed by atoms with Crippen LogP contribution in [0.3, 0.4) is 0 Å². The van der Waals surface area contributed by atoms with Gasteiger partial charge in [0.1, 0.15) is 23.9 Å². The summed E-state index contributed by atoms with van der Waals surface area (Å²) in [4.78, 5) is 40.9. The molecule has 0 radical (unpaired) electrons. The molecule has 0 spiro atoms. The number of ether oxygens (including phenoxy) is 2. The molecular formula is C27H35N3O5. The highest BCUT2D eigenvalue weighted by molar-refractivity contribution is 5.99. The number of methoxy groups -OCH3 is 1. The van der Waals surface area contributed by atoms with E-state index in [0.717, 1.165) is 29.5 Å². The maximum Gasteiger partial charge on any atom is 0.408 e. The topological polar surface area (TPSA) is 97.0 Å². The van der Waals surface area contributed by atoms with Crippen LogP contribution in [0.15, 0.2) is 42.5 Å². The lowest BCUT2D eigenvalue weighted by molar-refractivity contribution is -0.139. The first-order chi connectivity index (χ1) is 16.5. The lowest BCUT2D eigenvalue weighted by atomic mass is 9.93. The van der Waals surface area contributed by atoms with Crippen LogP contribution < -0.4 is 15.4 Å². The summed E-state index contributed by atoms with van der Waals surface area (Å²) in [7, 11) is 1.58. The van der Waals surface area contributed by atoms with Crippen LogP contribution in [0.5, 0.6) is 5.75 Å². The molecule has 1 unspecified atom stereocenters. The van der Waals surface area contributed by atoms with Crippen molar-refractivity contribution in [3.63, 3.8) is 0 Å². The van der Waals surface area contributed by atoms with Gasteiger partial charge in [-0.05, 0) is 88.4 Å². The van der Waals surface area contributed by atoms with Crippen LogP contribution in [-0.4, -0.2) is 48.1 Å². The maximum atomic E-state index is 13.7. The van der Waals surface area contributed by atoms with Crippen molar-refractivity contribution in [3.8, 4) is 5.75 Å². The van der Waals surface area contributed by atoms with Crippen LogP contribution in [-0.2, 0) is 14.3 Å². The molecular weight excluding hydrogens is 446 g/mol. The number of aryl methyl sites for hydroxylation is 2. The van der Waals surface area contributed by atoms with Crippen molar-refractivity contribution in [2.75, 3.05) is 19.0 Å². The van der Waals surface area contributed by atoms with Gasteiger partial charge in [-0.15, -0.1) is 0 Å². The number of alkyl carbamates (subject to hydrolysis) is 1. The zero-order chi connectivity index (χ0) is 25.8. The number of rotatable bonds is 8. The van der Waals surface area contributed by atoms with E-state index in [9.17, 15) is 14.4 Å². The summed E-state index contributed by atoms with van der Waals surface area (Å²) in [6.07, 6.45) is 0.929. The summed E-state index contributed by atoms with van der Waals surface area (Å²) < 4.78 is 10.5. The summed E-state index contributed by atoms with van der Waals surface area (Å²) in [5.41, 5.74) is 2.54. The number of carbonyl (C=O) groups is 3. The molecule has 35 heavy (non-hydrogen) atoms. The van der Waals surface area contributed by atoms with Gasteiger partial charge in [0.05, 0.1) is 7.11 Å². The first-order valence-corrected chi connectivity index (χ1v) is 11.8. The molecule has 188 valence electrons. The number of carbonyl (C=O) groups excluding carboxylic acids is 3. The number of anilines is 1. The molecule has 2 aromatic carbocycles. The minimum absolute atomic E-state index is 0.0754. The van der Waals surface area contributed by atoms with Crippen molar-refractivity contribution >= 4 is 23.6 Å². The molecule has 1 aliphatic carbocycles. The Hall–Kier alpha value is -3.55. The number of hydrogen-bond donors (Lipinski definition) is 2. The standard InChI is InChI=1S/C27H35N3O5/c1-17-8-7-9-18(2)23(17)24(25(32)29-19-10-14-21(34-6)15-11-19)30(20-12-13-20)22(31)16-28-26(33)35-27(3,4)5/h7-11,14-15,20,24H,12-13,16H2,1-6H3,(H,28,33)(H,29,32). The monoisotopic (exact) mass is 481 g/mol. The van der Waals surface area contributed by atoms with E-state index < -0.39 is 17.7 Å². The molecule has 1 aliphatic rings. The fraction of sp³-hybridized carbons (Fsp3) is 0.444. The molecule has 8 nitrogen and oxygen atoms in total. The van der Waals surface area contributed by atoms with Gasteiger partial charge in [-0.2, -0.15) is 0 Å². The first-order valence-electron chi connectivity index (χ1n) is 11.8. The molecule has 1 saturated carbocycles. The summed E-state index contributed by atoms with van der Waals surface area (Å²) in [6.45, 7) is 8.87. The highest BCUT2D eigenvalue weighted by Gasteiger charge is 2.42. The van der Waals surface area contributed by atoms with Crippen LogP contribution in [0.25, 0.3) is 0 Å². The molecule has 0 aliphatic heterocycles. The molecule has 0 saturated heterocycles. The van der Waals surface area contributed by atoms with Gasteiger partial charge >= 0.3 is 6.09 Å². The molecule has 0 aromatic heterocycles. The molecule has 3 amide bonds. The molecule has 0 bridgehead atoms. The molecule has 0 heterocycles. The molecule has 2 aromatic rings. The third-order valence-electron chi connectivity index (χ3n) is 5.71. The highest BCUT2D eigenvalue weighted by atomic mass is 16.6. The predicted molar refractivity (Wildman–Crippen MR) is 134 cm³/mol. The molecule has 1 atom stereocenters. The van der Waals surface area contributed by atoms with Gasteiger partial charge in [-0.25, -0.2) is 4.79 Å². The summed E-state index contributed by atoms with van der Waals surface area (Å²) in [5.74, 6) is 0.0262. The SMILES string of the molecule is COc1ccc(NC(=O)C(c2c(C)cccc2C)N(C(=O)CNC(=O)OC(C)(C)C)C2CC2)cc1. The van der Waals surface area contributed by atoms with E-state index in [0.29, 0.717) is 11.4 Å². The predicted octanol–water partition coefficient (Wildman–Crippen LogP) is 4.51. The minimum atomic E-state index is -0.848. The van der Waals surface area contributed by atoms with Crippen LogP contribution >= 0.6 is 0 Å². The molecule has 1 fully saturated rings. The number of benzene rings is 2. The first kappa shape index (κ1) is 26.1. The Morgan fingerprint density at radius 3 is 2.14 bits per heavy atom. The Kier molecular flexibility index (Phi) is 8.04. The van der Waals surface area contributed by atoms with Crippen molar-refractivity contribution in [2.24, 2.45) is 0 Å². The molecule has 8 heteroatoms. The van der Waals surface area contributed by atoms with E-state index >= 15 is 0 Å². The average Bonchev–Trinajstić information content (AvgIpc) is 3.61. The van der Waals surface area contributed by atoms with Gasteiger partial charge in [-0.1, -0.05) is 18.2 Å². The van der Waals surface area contributed by atoms with E-state index in [2.05, 4.69) is 10.6 Å². The zero-order valence-electron chi connectivity index (χ0n) is 21.3. The van der Waals surface area contributed by atoms with Crippen molar-refractivity contribution < 1.29 is 23.9 Å². The normalized spacial score (nSPS) is 14.0. The van der Waals surface area contributed by atoms with Gasteiger partial charge in [0.2, 0.25) is 5.91 Å². The minimum Gasteiger partial charge on any atom is -0.497 e. The Morgan fingerprint density at radius 1 is 1.03 bits per heavy atom. The Morgan fingerprint density at radius 2 is 1.63 bits per heavy atom. The van der Waals surface area contributed by atoms with Gasteiger partial charge in [-0.3, -0.25) is 9.59 Å². The van der Waals surface area contributed by atoms with Crippen LogP contribution in [0.1, 0.15) is 56.3 Å². The van der Waals surface area contributed by atoms with E-state index in [-0.39, 0.29) is 24.4 Å². The highest BCUT2D eigenvalue weighted by Crippen LogP contribution is 2.37. The van der Waals surface area contributed by atoms with E-state index in [4.69, 9.17) is 9.47 Å². The number of hydrogen-bond acceptors (Lipinski definition) is 5. The average molecular weight is 482 g/mol. The Bertz CT molecular complexity index is 1050. The Labute approximate surface area is 207 Å². The van der Waals surface area contributed by atoms with Gasteiger partial charge in [0, 0.05) is 11.7 Å². The molecule has 3 rings (SSSR count). The van der Waals surface area contributed by atoms with Gasteiger partial charge < -0.3 is 25.0 Å². The largest absolute Gasteiger partial charge is 0.497 e. The van der Waals surface area contributed by atoms with Crippen LogP contribution in [0.2, 0.25) is 0 Å². The van der Waals surface area contributed by atoms with E-state index in [1.165, 1.54) is 0 Å². The maximum absolute atomic E-state index is 13.7. The second kappa shape index (κ2) is 10.8. The summed E-state index contributed by atoms with van der Waals surface area (Å²) >= 11 is 0. The lowest BCUT2D eigenvalue weighted by Gasteiger charge is -2.33. The van der Waals surface area contributed by atoms with Gasteiger partial charge in [0.15, 0.2) is 0 Å². The van der Waals surface area contributed by atoms with Crippen molar-refractivity contribution in [3.05, 3.63) is 59.2 Å². The summed E-state index contributed by atoms with van der Waals surface area (Å²) in [6, 6.07) is 11.9. The fourth-order valence-electron chi connectivity index (χ4n) is 4.00. The van der Waals surface area contributed by atoms with Gasteiger partial charge in [0.25, 0.3) is 5.91 Å². The van der Waals surface area contributed by atoms with Crippen molar-refractivity contribution in [2.45, 2.75) is 65.1 Å².